The molecule has 0 heterocycles. The Bertz CT molecular complexity index is 315. The molecule has 4 N–H and O–H groups in total. The predicted octanol–water partition coefficient (Wildman–Crippen LogP) is 1.79. The molecule has 116 valence electrons. The van der Waals surface area contributed by atoms with Gasteiger partial charge in [-0.1, -0.05) is 33.1 Å². The van der Waals surface area contributed by atoms with E-state index < -0.39 is 12.1 Å². The summed E-state index contributed by atoms with van der Waals surface area (Å²) in [7, 11) is 0. The molecule has 1 atom stereocenters. The molecule has 3 amide bonds. The van der Waals surface area contributed by atoms with Crippen molar-refractivity contribution in [3.63, 3.8) is 0 Å². The second-order valence-corrected chi connectivity index (χ2v) is 6.02. The van der Waals surface area contributed by atoms with Crippen LogP contribution in [-0.2, 0) is 4.79 Å². The molecular weight excluding hydrogens is 258 g/mol. The van der Waals surface area contributed by atoms with Crippen LogP contribution in [0.3, 0.4) is 0 Å². The summed E-state index contributed by atoms with van der Waals surface area (Å²) in [4.78, 5) is 23.3. The second-order valence-electron chi connectivity index (χ2n) is 6.02. The topological polar surface area (TPSA) is 90.5 Å². The highest BCUT2D eigenvalue weighted by atomic mass is 16.5. The molecule has 6 nitrogen and oxygen atoms in total. The zero-order valence-electron chi connectivity index (χ0n) is 12.4. The number of hydroxylamine groups is 1. The lowest BCUT2D eigenvalue weighted by molar-refractivity contribution is -0.123. The number of hydrogen-bond donors (Lipinski definition) is 4. The van der Waals surface area contributed by atoms with Gasteiger partial charge < -0.3 is 10.6 Å². The Balaban J connectivity index is 2.42. The van der Waals surface area contributed by atoms with E-state index in [1.807, 2.05) is 13.8 Å². The van der Waals surface area contributed by atoms with E-state index in [9.17, 15) is 9.59 Å². The largest absolute Gasteiger partial charge is 0.354 e. The van der Waals surface area contributed by atoms with Crippen LogP contribution in [0.2, 0.25) is 0 Å². The fraction of sp³-hybridized carbons (Fsp3) is 0.857. The summed E-state index contributed by atoms with van der Waals surface area (Å²) in [5.41, 5.74) is 1.50. The summed E-state index contributed by atoms with van der Waals surface area (Å²) in [5, 5.41) is 13.9. The molecule has 0 spiro atoms. The first-order valence-electron chi connectivity index (χ1n) is 7.51. The summed E-state index contributed by atoms with van der Waals surface area (Å²) in [6.07, 6.45) is 6.64. The Morgan fingerprint density at radius 1 is 1.20 bits per heavy atom. The number of carbonyl (C=O) groups excluding carboxylic acids is 2. The first kappa shape index (κ1) is 16.8. The molecule has 1 aliphatic carbocycles. The highest BCUT2D eigenvalue weighted by Crippen LogP contribution is 2.22. The minimum absolute atomic E-state index is 0.173. The number of urea groups is 1. The molecule has 20 heavy (non-hydrogen) atoms. The summed E-state index contributed by atoms with van der Waals surface area (Å²) in [6.45, 7) is 4.65. The fourth-order valence-corrected chi connectivity index (χ4v) is 2.65. The molecule has 1 saturated carbocycles. The molecule has 0 aromatic heterocycles. The molecule has 1 rings (SSSR count). The molecule has 0 aromatic carbocycles. The second kappa shape index (κ2) is 8.79. The average molecular weight is 285 g/mol. The maximum Gasteiger partial charge on any atom is 0.339 e. The van der Waals surface area contributed by atoms with Gasteiger partial charge in [0.25, 0.3) is 0 Å². The molecule has 0 aromatic rings. The van der Waals surface area contributed by atoms with Crippen LogP contribution in [0.5, 0.6) is 0 Å². The van der Waals surface area contributed by atoms with E-state index in [1.54, 1.807) is 0 Å². The summed E-state index contributed by atoms with van der Waals surface area (Å²) < 4.78 is 0. The van der Waals surface area contributed by atoms with Gasteiger partial charge in [0, 0.05) is 6.54 Å². The van der Waals surface area contributed by atoms with Crippen molar-refractivity contribution in [2.24, 2.45) is 11.8 Å². The molecule has 0 bridgehead atoms. The molecule has 1 aliphatic rings. The molecule has 1 fully saturated rings. The summed E-state index contributed by atoms with van der Waals surface area (Å²) >= 11 is 0. The number of rotatable bonds is 6. The molecule has 6 heteroatoms. The van der Waals surface area contributed by atoms with E-state index in [0.29, 0.717) is 18.9 Å². The van der Waals surface area contributed by atoms with Crippen LogP contribution in [0.15, 0.2) is 0 Å². The van der Waals surface area contributed by atoms with Gasteiger partial charge in [0.15, 0.2) is 0 Å². The quantitative estimate of drug-likeness (QED) is 0.443. The van der Waals surface area contributed by atoms with Gasteiger partial charge in [-0.25, -0.2) is 10.3 Å². The van der Waals surface area contributed by atoms with Crippen molar-refractivity contribution in [3.8, 4) is 0 Å². The van der Waals surface area contributed by atoms with Gasteiger partial charge in [-0.05, 0) is 31.1 Å². The molecule has 0 unspecified atom stereocenters. The zero-order chi connectivity index (χ0) is 15.0. The Labute approximate surface area is 120 Å². The predicted molar refractivity (Wildman–Crippen MR) is 76.3 cm³/mol. The van der Waals surface area contributed by atoms with Crippen LogP contribution < -0.4 is 16.1 Å². The van der Waals surface area contributed by atoms with Crippen molar-refractivity contribution in [2.75, 3.05) is 6.54 Å². The Morgan fingerprint density at radius 3 is 2.40 bits per heavy atom. The number of nitrogens with one attached hydrogen (secondary N) is 3. The minimum Gasteiger partial charge on any atom is -0.354 e. The van der Waals surface area contributed by atoms with Gasteiger partial charge in [0.1, 0.15) is 6.04 Å². The number of amides is 3. The highest BCUT2D eigenvalue weighted by molar-refractivity contribution is 5.86. The van der Waals surface area contributed by atoms with E-state index in [-0.39, 0.29) is 11.8 Å². The fourth-order valence-electron chi connectivity index (χ4n) is 2.65. The standard InChI is InChI=1S/C14H27N3O3/c1-10(2)8-12(16-14(19)17-20)13(18)15-9-11-6-4-3-5-7-11/h10-12,20H,3-9H2,1-2H3,(H,15,18)(H2,16,17,19)/t12-/m0/s1. The van der Waals surface area contributed by atoms with Crippen LogP contribution in [0.4, 0.5) is 4.79 Å². The van der Waals surface area contributed by atoms with Gasteiger partial charge >= 0.3 is 6.03 Å². The van der Waals surface area contributed by atoms with E-state index in [2.05, 4.69) is 10.6 Å². The van der Waals surface area contributed by atoms with E-state index >= 15 is 0 Å². The third-order valence-corrected chi connectivity index (χ3v) is 3.72. The number of hydrogen-bond acceptors (Lipinski definition) is 3. The van der Waals surface area contributed by atoms with Crippen molar-refractivity contribution in [2.45, 2.75) is 58.4 Å². The molecule has 0 aliphatic heterocycles. The maximum atomic E-state index is 12.1. The lowest BCUT2D eigenvalue weighted by Crippen LogP contribution is -2.50. The Kier molecular flexibility index (Phi) is 7.36. The third kappa shape index (κ3) is 6.23. The maximum absolute atomic E-state index is 12.1. The lowest BCUT2D eigenvalue weighted by Gasteiger charge is -2.24. The Hall–Kier alpha value is -1.30. The van der Waals surface area contributed by atoms with Gasteiger partial charge in [-0.15, -0.1) is 0 Å². The van der Waals surface area contributed by atoms with Crippen LogP contribution in [0.1, 0.15) is 52.4 Å². The van der Waals surface area contributed by atoms with E-state index in [4.69, 9.17) is 5.21 Å². The summed E-state index contributed by atoms with van der Waals surface area (Å²) in [5.74, 6) is 0.659. The smallest absolute Gasteiger partial charge is 0.339 e. The normalized spacial score (nSPS) is 17.6. The van der Waals surface area contributed by atoms with Gasteiger partial charge in [-0.2, -0.15) is 0 Å². The van der Waals surface area contributed by atoms with Gasteiger partial charge in [0.2, 0.25) is 5.91 Å². The van der Waals surface area contributed by atoms with Crippen molar-refractivity contribution < 1.29 is 14.8 Å². The summed E-state index contributed by atoms with van der Waals surface area (Å²) in [6, 6.07) is -1.35. The SMILES string of the molecule is CC(C)C[C@H](NC(=O)NO)C(=O)NCC1CCCCC1. The third-order valence-electron chi connectivity index (χ3n) is 3.72. The first-order valence-corrected chi connectivity index (χ1v) is 7.51. The molecule has 0 saturated heterocycles. The van der Waals surface area contributed by atoms with Crippen LogP contribution >= 0.6 is 0 Å². The van der Waals surface area contributed by atoms with Crippen molar-refractivity contribution >= 4 is 11.9 Å². The average Bonchev–Trinajstić information content (AvgIpc) is 2.44. The highest BCUT2D eigenvalue weighted by Gasteiger charge is 2.23. The number of carbonyl (C=O) groups is 2. The van der Waals surface area contributed by atoms with Crippen molar-refractivity contribution in [3.05, 3.63) is 0 Å². The zero-order valence-corrected chi connectivity index (χ0v) is 12.4. The van der Waals surface area contributed by atoms with E-state index in [0.717, 1.165) is 0 Å². The lowest BCUT2D eigenvalue weighted by atomic mass is 9.89. The van der Waals surface area contributed by atoms with Crippen molar-refractivity contribution in [1.82, 2.24) is 16.1 Å². The molecular formula is C14H27N3O3. The van der Waals surface area contributed by atoms with Crippen LogP contribution in [-0.4, -0.2) is 29.7 Å². The minimum atomic E-state index is -0.747. The van der Waals surface area contributed by atoms with Crippen LogP contribution in [0.25, 0.3) is 0 Å². The van der Waals surface area contributed by atoms with E-state index in [1.165, 1.54) is 37.6 Å². The van der Waals surface area contributed by atoms with Gasteiger partial charge in [0.05, 0.1) is 0 Å². The first-order chi connectivity index (χ1) is 9.52. The van der Waals surface area contributed by atoms with Crippen LogP contribution in [0, 0.1) is 11.8 Å². The Morgan fingerprint density at radius 2 is 1.85 bits per heavy atom. The van der Waals surface area contributed by atoms with Crippen molar-refractivity contribution in [1.29, 1.82) is 0 Å². The monoisotopic (exact) mass is 285 g/mol. The molecule has 0 radical (unpaired) electrons. The van der Waals surface area contributed by atoms with Gasteiger partial charge in [-0.3, -0.25) is 10.0 Å².